The van der Waals surface area contributed by atoms with E-state index >= 15 is 0 Å². The van der Waals surface area contributed by atoms with E-state index in [1.54, 1.807) is 30.3 Å². The molecular formula is C24H20N4O4. The summed E-state index contributed by atoms with van der Waals surface area (Å²) in [6, 6.07) is 16.2. The number of benzene rings is 1. The zero-order valence-corrected chi connectivity index (χ0v) is 17.7. The van der Waals surface area contributed by atoms with Crippen LogP contribution in [0.3, 0.4) is 0 Å². The molecule has 1 aromatic rings. The lowest BCUT2D eigenvalue weighted by molar-refractivity contribution is -0.167. The quantitative estimate of drug-likeness (QED) is 0.405. The molecule has 0 fully saturated rings. The van der Waals surface area contributed by atoms with Crippen molar-refractivity contribution in [2.75, 3.05) is 14.2 Å². The Balaban J connectivity index is 2.54. The average Bonchev–Trinajstić information content (AvgIpc) is 2.86. The number of carbonyl (C=O) groups is 2. The highest BCUT2D eigenvalue weighted by molar-refractivity contribution is 6.04. The van der Waals surface area contributed by atoms with E-state index in [0.717, 1.165) is 14.2 Å². The molecule has 0 saturated carbocycles. The van der Waals surface area contributed by atoms with Crippen LogP contribution in [0.4, 0.5) is 0 Å². The van der Waals surface area contributed by atoms with Gasteiger partial charge in [-0.25, -0.2) is 0 Å². The third-order valence-electron chi connectivity index (χ3n) is 6.68. The summed E-state index contributed by atoms with van der Waals surface area (Å²) in [4.78, 5) is 26.3. The average molecular weight is 428 g/mol. The molecule has 160 valence electrons. The van der Waals surface area contributed by atoms with Gasteiger partial charge in [0.25, 0.3) is 0 Å². The lowest BCUT2D eigenvalue weighted by Gasteiger charge is -2.50. The van der Waals surface area contributed by atoms with Gasteiger partial charge in [-0.1, -0.05) is 35.9 Å². The molecule has 0 amide bonds. The molecule has 0 bridgehead atoms. The maximum absolute atomic E-state index is 13.2. The van der Waals surface area contributed by atoms with Crippen LogP contribution in [0.2, 0.25) is 0 Å². The normalized spacial score (nSPS) is 22.0. The number of ether oxygens (including phenoxy) is 2. The number of rotatable bonds is 3. The van der Waals surface area contributed by atoms with Crippen molar-refractivity contribution in [2.24, 2.45) is 16.2 Å². The first-order valence-corrected chi connectivity index (χ1v) is 9.97. The van der Waals surface area contributed by atoms with Gasteiger partial charge >= 0.3 is 11.9 Å². The number of nitrogens with zero attached hydrogens (tertiary/aromatic N) is 4. The first-order valence-electron chi connectivity index (χ1n) is 9.97. The number of esters is 2. The fourth-order valence-electron chi connectivity index (χ4n) is 5.24. The van der Waals surface area contributed by atoms with E-state index in [1.807, 2.05) is 24.3 Å². The van der Waals surface area contributed by atoms with Crippen LogP contribution < -0.4 is 0 Å². The molecule has 2 aliphatic carbocycles. The fraction of sp³-hybridized carbons (Fsp3) is 0.417. The van der Waals surface area contributed by atoms with Gasteiger partial charge in [0, 0.05) is 12.3 Å². The highest BCUT2D eigenvalue weighted by atomic mass is 16.5. The Morgan fingerprint density at radius 3 is 1.97 bits per heavy atom. The molecule has 1 aromatic carbocycles. The van der Waals surface area contributed by atoms with Crippen LogP contribution in [0, 0.1) is 61.6 Å². The summed E-state index contributed by atoms with van der Waals surface area (Å²) in [6.45, 7) is 0. The molecule has 0 radical (unpaired) electrons. The molecule has 0 spiro atoms. The molecule has 0 aromatic heterocycles. The number of hydrogen-bond donors (Lipinski definition) is 0. The molecule has 1 atom stereocenters. The molecule has 0 heterocycles. The van der Waals surface area contributed by atoms with Crippen LogP contribution in [-0.2, 0) is 19.1 Å². The van der Waals surface area contributed by atoms with Crippen molar-refractivity contribution in [3.8, 4) is 24.3 Å². The summed E-state index contributed by atoms with van der Waals surface area (Å²) >= 11 is 0. The van der Waals surface area contributed by atoms with Crippen molar-refractivity contribution >= 4 is 11.9 Å². The van der Waals surface area contributed by atoms with Crippen molar-refractivity contribution in [1.82, 2.24) is 0 Å². The summed E-state index contributed by atoms with van der Waals surface area (Å²) < 4.78 is 10.0. The molecule has 32 heavy (non-hydrogen) atoms. The predicted octanol–water partition coefficient (Wildman–Crippen LogP) is 3.05. The molecule has 8 heteroatoms. The largest absolute Gasteiger partial charge is 0.468 e. The maximum Gasteiger partial charge on any atom is 0.327 e. The van der Waals surface area contributed by atoms with Gasteiger partial charge in [0.2, 0.25) is 0 Å². The topological polar surface area (TPSA) is 148 Å². The SMILES string of the molecule is COC(=O)C1(C(=O)OC)CCCC2=C1C(c1ccccc1)C(C#N)(C#N)C(C#N)(C#N)C2. The number of nitriles is 4. The third kappa shape index (κ3) is 2.71. The Kier molecular flexibility index (Phi) is 5.76. The molecule has 1 unspecified atom stereocenters. The summed E-state index contributed by atoms with van der Waals surface area (Å²) in [7, 11) is 2.30. The molecular weight excluding hydrogens is 408 g/mol. The van der Waals surface area contributed by atoms with E-state index in [9.17, 15) is 30.6 Å². The van der Waals surface area contributed by atoms with Gasteiger partial charge in [0.15, 0.2) is 16.2 Å². The summed E-state index contributed by atoms with van der Waals surface area (Å²) in [5.41, 5.74) is -4.85. The minimum Gasteiger partial charge on any atom is -0.468 e. The molecule has 0 aliphatic heterocycles. The molecule has 3 rings (SSSR count). The number of hydrogen-bond acceptors (Lipinski definition) is 8. The molecule has 0 N–H and O–H groups in total. The Hall–Kier alpha value is -4.14. The molecule has 8 nitrogen and oxygen atoms in total. The monoisotopic (exact) mass is 428 g/mol. The van der Waals surface area contributed by atoms with Crippen LogP contribution in [0.25, 0.3) is 0 Å². The highest BCUT2D eigenvalue weighted by Gasteiger charge is 2.69. The van der Waals surface area contributed by atoms with Gasteiger partial charge in [-0.15, -0.1) is 0 Å². The van der Waals surface area contributed by atoms with Crippen LogP contribution in [0.1, 0.15) is 37.2 Å². The van der Waals surface area contributed by atoms with Gasteiger partial charge in [0.1, 0.15) is 0 Å². The van der Waals surface area contributed by atoms with Crippen molar-refractivity contribution in [3.05, 3.63) is 47.0 Å². The first-order chi connectivity index (χ1) is 15.4. The van der Waals surface area contributed by atoms with Crippen LogP contribution >= 0.6 is 0 Å². The summed E-state index contributed by atoms with van der Waals surface area (Å²) in [5.74, 6) is -2.91. The number of allylic oxidation sites excluding steroid dienone is 1. The van der Waals surface area contributed by atoms with Gasteiger partial charge in [-0.3, -0.25) is 9.59 Å². The van der Waals surface area contributed by atoms with Gasteiger partial charge in [-0.05, 0) is 30.4 Å². The fourth-order valence-corrected chi connectivity index (χ4v) is 5.24. The minimum absolute atomic E-state index is 0.0631. The Morgan fingerprint density at radius 1 is 0.938 bits per heavy atom. The lowest BCUT2D eigenvalue weighted by atomic mass is 9.46. The predicted molar refractivity (Wildman–Crippen MR) is 108 cm³/mol. The first kappa shape index (κ1) is 22.5. The zero-order chi connectivity index (χ0) is 23.6. The van der Waals surface area contributed by atoms with E-state index in [-0.39, 0.29) is 18.4 Å². The van der Waals surface area contributed by atoms with E-state index in [0.29, 0.717) is 24.0 Å². The summed E-state index contributed by atoms with van der Waals surface area (Å²) in [6.07, 6.45) is 0.652. The van der Waals surface area contributed by atoms with Gasteiger partial charge < -0.3 is 9.47 Å². The van der Waals surface area contributed by atoms with Crippen molar-refractivity contribution in [2.45, 2.75) is 31.6 Å². The standard InChI is InChI=1S/C24H20N4O4/c1-31-20(29)24(21(30)32-2)10-6-9-17-11-22(12-25,13-26)23(14-27,15-28)18(19(17)24)16-7-4-3-5-8-16/h3-5,7-8,18H,6,9-11H2,1-2H3. The van der Waals surface area contributed by atoms with Crippen molar-refractivity contribution < 1.29 is 19.1 Å². The minimum atomic E-state index is -2.18. The van der Waals surface area contributed by atoms with Crippen molar-refractivity contribution in [3.63, 3.8) is 0 Å². The summed E-state index contributed by atoms with van der Waals surface area (Å²) in [5, 5.41) is 40.7. The van der Waals surface area contributed by atoms with E-state index in [4.69, 9.17) is 9.47 Å². The Bertz CT molecular complexity index is 1110. The smallest absolute Gasteiger partial charge is 0.327 e. The second-order valence-corrected chi connectivity index (χ2v) is 7.94. The van der Waals surface area contributed by atoms with Crippen molar-refractivity contribution in [1.29, 1.82) is 21.0 Å². The second kappa shape index (κ2) is 8.18. The highest BCUT2D eigenvalue weighted by Crippen LogP contribution is 2.65. The zero-order valence-electron chi connectivity index (χ0n) is 17.7. The lowest BCUT2D eigenvalue weighted by Crippen LogP contribution is -2.55. The number of methoxy groups -OCH3 is 2. The second-order valence-electron chi connectivity index (χ2n) is 7.94. The van der Waals surface area contributed by atoms with Crippen LogP contribution in [0.5, 0.6) is 0 Å². The van der Waals surface area contributed by atoms with E-state index in [1.165, 1.54) is 0 Å². The van der Waals surface area contributed by atoms with Crippen LogP contribution in [-0.4, -0.2) is 26.2 Å². The maximum atomic E-state index is 13.2. The van der Waals surface area contributed by atoms with Gasteiger partial charge in [0.05, 0.1) is 38.5 Å². The Morgan fingerprint density at radius 2 is 1.50 bits per heavy atom. The third-order valence-corrected chi connectivity index (χ3v) is 6.68. The molecule has 0 saturated heterocycles. The molecule has 2 aliphatic rings. The van der Waals surface area contributed by atoms with E-state index < -0.39 is 34.1 Å². The number of carbonyl (C=O) groups excluding carboxylic acids is 2. The van der Waals surface area contributed by atoms with Gasteiger partial charge in [-0.2, -0.15) is 21.0 Å². The Labute approximate surface area is 185 Å². The van der Waals surface area contributed by atoms with Crippen LogP contribution in [0.15, 0.2) is 41.5 Å². The van der Waals surface area contributed by atoms with E-state index in [2.05, 4.69) is 0 Å².